The average Bonchev–Trinajstić information content (AvgIpc) is 2.86. The van der Waals surface area contributed by atoms with Gasteiger partial charge in [0, 0.05) is 19.4 Å². The first-order chi connectivity index (χ1) is 17.0. The number of carbonyl (C=O) groups is 2. The van der Waals surface area contributed by atoms with Gasteiger partial charge in [0.15, 0.2) is 16.6 Å². The molecule has 0 fully saturated rings. The Morgan fingerprint density at radius 2 is 1.71 bits per heavy atom. The van der Waals surface area contributed by atoms with Crippen molar-refractivity contribution in [1.82, 2.24) is 10.6 Å². The Morgan fingerprint density at radius 1 is 0.914 bits per heavy atom. The average molecular weight is 501 g/mol. The van der Waals surface area contributed by atoms with Gasteiger partial charge in [-0.15, -0.1) is 0 Å². The molecule has 2 N–H and O–H groups in total. The van der Waals surface area contributed by atoms with Crippen LogP contribution in [0, 0.1) is 0 Å². The lowest BCUT2D eigenvalue weighted by molar-refractivity contribution is -0.143. The highest BCUT2D eigenvalue weighted by Crippen LogP contribution is 2.28. The lowest BCUT2D eigenvalue weighted by Gasteiger charge is -2.13. The molecule has 0 unspecified atom stereocenters. The quantitative estimate of drug-likeness (QED) is 0.208. The Morgan fingerprint density at radius 3 is 2.46 bits per heavy atom. The molecule has 2 aromatic carbocycles. The molecule has 0 radical (unpaired) electrons. The number of nitrogens with one attached hydrogen (secondary N) is 2. The van der Waals surface area contributed by atoms with E-state index >= 15 is 0 Å². The van der Waals surface area contributed by atoms with E-state index < -0.39 is 0 Å². The minimum atomic E-state index is -0.289. The summed E-state index contributed by atoms with van der Waals surface area (Å²) in [5, 5.41) is 5.89. The third-order valence-corrected chi connectivity index (χ3v) is 5.44. The van der Waals surface area contributed by atoms with Crippen LogP contribution < -0.4 is 20.1 Å². The summed E-state index contributed by atoms with van der Waals surface area (Å²) in [7, 11) is 1.60. The molecule has 8 heteroatoms. The fourth-order valence-electron chi connectivity index (χ4n) is 3.26. The molecule has 0 aliphatic heterocycles. The first-order valence-electron chi connectivity index (χ1n) is 12.1. The summed E-state index contributed by atoms with van der Waals surface area (Å²) < 4.78 is 16.4. The Hall–Kier alpha value is -3.13. The molecular formula is C27H36N2O5S. The number of rotatable bonds is 15. The van der Waals surface area contributed by atoms with Gasteiger partial charge in [-0.3, -0.25) is 9.59 Å². The van der Waals surface area contributed by atoms with Crippen LogP contribution in [0.2, 0.25) is 0 Å². The molecule has 2 aromatic rings. The minimum absolute atomic E-state index is 0.193. The Bertz CT molecular complexity index is 936. The van der Waals surface area contributed by atoms with Crippen molar-refractivity contribution in [2.75, 3.05) is 20.3 Å². The van der Waals surface area contributed by atoms with Crippen LogP contribution in [0.15, 0.2) is 48.5 Å². The second-order valence-corrected chi connectivity index (χ2v) is 8.49. The predicted molar refractivity (Wildman–Crippen MR) is 141 cm³/mol. The molecular weight excluding hydrogens is 464 g/mol. The van der Waals surface area contributed by atoms with E-state index in [1.807, 2.05) is 36.4 Å². The lowest BCUT2D eigenvalue weighted by Crippen LogP contribution is -2.38. The number of amides is 1. The van der Waals surface area contributed by atoms with E-state index in [0.29, 0.717) is 37.7 Å². The molecule has 0 aromatic heterocycles. The number of carbonyl (C=O) groups excluding carboxylic acids is 2. The fourth-order valence-corrected chi connectivity index (χ4v) is 3.44. The molecule has 190 valence electrons. The maximum absolute atomic E-state index is 12.1. The number of thiocarbonyl (C=S) groups is 1. The molecule has 0 saturated carbocycles. The van der Waals surface area contributed by atoms with Crippen molar-refractivity contribution >= 4 is 29.2 Å². The predicted octanol–water partition coefficient (Wildman–Crippen LogP) is 4.71. The normalized spacial score (nSPS) is 10.3. The summed E-state index contributed by atoms with van der Waals surface area (Å²) in [5.41, 5.74) is 2.16. The lowest BCUT2D eigenvalue weighted by atomic mass is 10.1. The smallest absolute Gasteiger partial charge is 0.305 e. The summed E-state index contributed by atoms with van der Waals surface area (Å²) in [6, 6.07) is 15.7. The van der Waals surface area contributed by atoms with Crippen LogP contribution in [0.4, 0.5) is 0 Å². The standard InChI is InChI=1S/C27H36N2O5S/c1-3-4-17-33-23-16-15-22(19-24(23)32-2)20-28-27(35)29-25(30)13-8-14-26(31)34-18-9-12-21-10-6-5-7-11-21/h5-7,10-11,15-16,19H,3-4,8-9,12-14,17-18,20H2,1-2H3,(H2,28,29,30,35). The van der Waals surface area contributed by atoms with Gasteiger partial charge in [-0.1, -0.05) is 49.7 Å². The van der Waals surface area contributed by atoms with E-state index in [9.17, 15) is 9.59 Å². The number of esters is 1. The van der Waals surface area contributed by atoms with Crippen LogP contribution >= 0.6 is 12.2 Å². The number of unbranched alkanes of at least 4 members (excludes halogenated alkanes) is 1. The van der Waals surface area contributed by atoms with Gasteiger partial charge >= 0.3 is 5.97 Å². The molecule has 0 aliphatic rings. The van der Waals surface area contributed by atoms with Crippen LogP contribution in [-0.4, -0.2) is 37.3 Å². The molecule has 0 heterocycles. The van der Waals surface area contributed by atoms with Crippen LogP contribution in [0.5, 0.6) is 11.5 Å². The van der Waals surface area contributed by atoms with Gasteiger partial charge in [-0.2, -0.15) is 0 Å². The SMILES string of the molecule is CCCCOc1ccc(CNC(=S)NC(=O)CCCC(=O)OCCCc2ccccc2)cc1OC. The topological polar surface area (TPSA) is 85.9 Å². The Labute approximate surface area is 213 Å². The molecule has 7 nitrogen and oxygen atoms in total. The van der Waals surface area contributed by atoms with Crippen LogP contribution in [-0.2, 0) is 27.3 Å². The zero-order valence-electron chi connectivity index (χ0n) is 20.6. The van der Waals surface area contributed by atoms with Crippen molar-refractivity contribution in [2.24, 2.45) is 0 Å². The van der Waals surface area contributed by atoms with E-state index in [0.717, 1.165) is 31.2 Å². The van der Waals surface area contributed by atoms with Gasteiger partial charge in [0.1, 0.15) is 0 Å². The first-order valence-corrected chi connectivity index (χ1v) is 12.5. The zero-order chi connectivity index (χ0) is 25.3. The highest BCUT2D eigenvalue weighted by atomic mass is 32.1. The van der Waals surface area contributed by atoms with Gasteiger partial charge < -0.3 is 24.8 Å². The first kappa shape index (κ1) is 28.1. The van der Waals surface area contributed by atoms with Gasteiger partial charge in [-0.05, 0) is 61.2 Å². The molecule has 0 saturated heterocycles. The number of methoxy groups -OCH3 is 1. The molecule has 35 heavy (non-hydrogen) atoms. The molecule has 2 rings (SSSR count). The van der Waals surface area contributed by atoms with E-state index in [1.54, 1.807) is 7.11 Å². The highest BCUT2D eigenvalue weighted by molar-refractivity contribution is 7.80. The van der Waals surface area contributed by atoms with Crippen molar-refractivity contribution in [2.45, 2.75) is 58.4 Å². The summed E-state index contributed by atoms with van der Waals surface area (Å²) in [6.45, 7) is 3.57. The van der Waals surface area contributed by atoms with Gasteiger partial charge in [-0.25, -0.2) is 0 Å². The van der Waals surface area contributed by atoms with Crippen LogP contribution in [0.25, 0.3) is 0 Å². The summed E-state index contributed by atoms with van der Waals surface area (Å²) in [4.78, 5) is 24.0. The van der Waals surface area contributed by atoms with Gasteiger partial charge in [0.2, 0.25) is 5.91 Å². The number of ether oxygens (including phenoxy) is 3. The van der Waals surface area contributed by atoms with Crippen molar-refractivity contribution < 1.29 is 23.8 Å². The third-order valence-electron chi connectivity index (χ3n) is 5.19. The van der Waals surface area contributed by atoms with Crippen molar-refractivity contribution in [3.8, 4) is 11.5 Å². The highest BCUT2D eigenvalue weighted by Gasteiger charge is 2.09. The number of hydrogen-bond donors (Lipinski definition) is 2. The summed E-state index contributed by atoms with van der Waals surface area (Å²) in [6.07, 6.45) is 4.48. The van der Waals surface area contributed by atoms with Crippen LogP contribution in [0.3, 0.4) is 0 Å². The van der Waals surface area contributed by atoms with E-state index in [2.05, 4.69) is 29.7 Å². The molecule has 0 spiro atoms. The number of aryl methyl sites for hydroxylation is 1. The third kappa shape index (κ3) is 11.7. The second-order valence-electron chi connectivity index (χ2n) is 8.08. The van der Waals surface area contributed by atoms with Crippen molar-refractivity contribution in [3.05, 3.63) is 59.7 Å². The molecule has 0 atom stereocenters. The molecule has 0 bridgehead atoms. The molecule has 1 amide bonds. The van der Waals surface area contributed by atoms with E-state index in [4.69, 9.17) is 26.4 Å². The number of benzene rings is 2. The maximum Gasteiger partial charge on any atom is 0.305 e. The van der Waals surface area contributed by atoms with E-state index in [-0.39, 0.29) is 29.8 Å². The maximum atomic E-state index is 12.1. The van der Waals surface area contributed by atoms with Gasteiger partial charge in [0.25, 0.3) is 0 Å². The minimum Gasteiger partial charge on any atom is -0.493 e. The summed E-state index contributed by atoms with van der Waals surface area (Å²) in [5.74, 6) is 0.830. The van der Waals surface area contributed by atoms with Crippen molar-refractivity contribution in [1.29, 1.82) is 0 Å². The second kappa shape index (κ2) is 16.5. The Kier molecular flexibility index (Phi) is 13.2. The fraction of sp³-hybridized carbons (Fsp3) is 0.444. The zero-order valence-corrected chi connectivity index (χ0v) is 21.5. The van der Waals surface area contributed by atoms with Gasteiger partial charge in [0.05, 0.1) is 20.3 Å². The number of hydrogen-bond acceptors (Lipinski definition) is 6. The monoisotopic (exact) mass is 500 g/mol. The van der Waals surface area contributed by atoms with Crippen LogP contribution in [0.1, 0.15) is 56.6 Å². The Balaban J connectivity index is 1.59. The summed E-state index contributed by atoms with van der Waals surface area (Å²) >= 11 is 5.21. The van der Waals surface area contributed by atoms with Crippen molar-refractivity contribution in [3.63, 3.8) is 0 Å². The molecule has 0 aliphatic carbocycles. The van der Waals surface area contributed by atoms with E-state index in [1.165, 1.54) is 5.56 Å². The largest absolute Gasteiger partial charge is 0.493 e.